The molecule has 2 atom stereocenters. The number of halogens is 2. The van der Waals surface area contributed by atoms with E-state index in [4.69, 9.17) is 17.3 Å². The van der Waals surface area contributed by atoms with Crippen LogP contribution in [0.1, 0.15) is 31.7 Å². The molecule has 1 fully saturated rings. The maximum absolute atomic E-state index is 12.3. The first-order chi connectivity index (χ1) is 9.99. The fourth-order valence-electron chi connectivity index (χ4n) is 2.93. The molecule has 1 heterocycles. The lowest BCUT2D eigenvalue weighted by Crippen LogP contribution is -2.51. The Morgan fingerprint density at radius 2 is 2.23 bits per heavy atom. The van der Waals surface area contributed by atoms with Crippen LogP contribution in [0.4, 0.5) is 5.69 Å². The van der Waals surface area contributed by atoms with Crippen LogP contribution in [-0.4, -0.2) is 36.0 Å². The first-order valence-electron chi connectivity index (χ1n) is 7.53. The number of nitrogens with zero attached hydrogens (tertiary/aromatic N) is 1. The standard InChI is InChI=1S/C16H24ClN3O.ClH/c1-11-13(17)6-5-7-14(11)19-16(21)10-20-9-4-3-8-15(20)12(2)18;/h5-7,12,15H,3-4,8-10,18H2,1-2H3,(H,19,21);1H. The number of amides is 1. The Hall–Kier alpha value is -0.810. The molecule has 1 aliphatic heterocycles. The zero-order valence-corrected chi connectivity index (χ0v) is 14.7. The summed E-state index contributed by atoms with van der Waals surface area (Å²) in [5, 5.41) is 3.62. The van der Waals surface area contributed by atoms with Gasteiger partial charge in [0.2, 0.25) is 5.91 Å². The number of rotatable bonds is 4. The highest BCUT2D eigenvalue weighted by molar-refractivity contribution is 6.31. The van der Waals surface area contributed by atoms with Gasteiger partial charge in [-0.2, -0.15) is 0 Å². The first kappa shape index (κ1) is 19.2. The van der Waals surface area contributed by atoms with Crippen LogP contribution in [0, 0.1) is 6.92 Å². The SMILES string of the molecule is Cc1c(Cl)cccc1NC(=O)CN1CCCCC1C(C)N.Cl. The fraction of sp³-hybridized carbons (Fsp3) is 0.562. The molecule has 1 aliphatic rings. The number of carbonyl (C=O) groups is 1. The van der Waals surface area contributed by atoms with E-state index in [1.165, 1.54) is 6.42 Å². The number of hydrogen-bond acceptors (Lipinski definition) is 3. The molecule has 1 saturated heterocycles. The molecule has 0 aromatic heterocycles. The van der Waals surface area contributed by atoms with Gasteiger partial charge in [0.1, 0.15) is 0 Å². The highest BCUT2D eigenvalue weighted by Crippen LogP contribution is 2.23. The minimum absolute atomic E-state index is 0. The Bertz CT molecular complexity index is 508. The predicted molar refractivity (Wildman–Crippen MR) is 94.9 cm³/mol. The van der Waals surface area contributed by atoms with Gasteiger partial charge in [0.15, 0.2) is 0 Å². The summed E-state index contributed by atoms with van der Waals surface area (Å²) in [5.41, 5.74) is 7.72. The van der Waals surface area contributed by atoms with E-state index < -0.39 is 0 Å². The maximum atomic E-state index is 12.3. The van der Waals surface area contributed by atoms with Crippen molar-refractivity contribution in [1.82, 2.24) is 4.90 Å². The van der Waals surface area contributed by atoms with Gasteiger partial charge in [-0.05, 0) is 50.9 Å². The van der Waals surface area contributed by atoms with Gasteiger partial charge in [-0.1, -0.05) is 24.1 Å². The Morgan fingerprint density at radius 1 is 1.50 bits per heavy atom. The lowest BCUT2D eigenvalue weighted by Gasteiger charge is -2.37. The number of anilines is 1. The largest absolute Gasteiger partial charge is 0.327 e. The number of nitrogens with one attached hydrogen (secondary N) is 1. The van der Waals surface area contributed by atoms with Gasteiger partial charge in [-0.3, -0.25) is 9.69 Å². The van der Waals surface area contributed by atoms with Crippen LogP contribution in [0.5, 0.6) is 0 Å². The first-order valence-corrected chi connectivity index (χ1v) is 7.91. The van der Waals surface area contributed by atoms with Crippen molar-refractivity contribution in [2.24, 2.45) is 5.73 Å². The van der Waals surface area contributed by atoms with Gasteiger partial charge in [0, 0.05) is 22.8 Å². The minimum Gasteiger partial charge on any atom is -0.327 e. The summed E-state index contributed by atoms with van der Waals surface area (Å²) >= 11 is 6.08. The van der Waals surface area contributed by atoms with E-state index in [1.807, 2.05) is 32.0 Å². The zero-order chi connectivity index (χ0) is 15.4. The highest BCUT2D eigenvalue weighted by Gasteiger charge is 2.26. The summed E-state index contributed by atoms with van der Waals surface area (Å²) < 4.78 is 0. The third-order valence-electron chi connectivity index (χ3n) is 4.16. The van der Waals surface area contributed by atoms with E-state index in [0.717, 1.165) is 30.6 Å². The lowest BCUT2D eigenvalue weighted by atomic mass is 9.97. The molecule has 1 aromatic rings. The van der Waals surface area contributed by atoms with Crippen molar-refractivity contribution < 1.29 is 4.79 Å². The number of benzene rings is 1. The van der Waals surface area contributed by atoms with Crippen LogP contribution in [0.15, 0.2) is 18.2 Å². The van der Waals surface area contributed by atoms with Crippen molar-refractivity contribution >= 4 is 35.6 Å². The molecule has 6 heteroatoms. The van der Waals surface area contributed by atoms with Gasteiger partial charge >= 0.3 is 0 Å². The molecule has 2 rings (SSSR count). The molecule has 4 nitrogen and oxygen atoms in total. The lowest BCUT2D eigenvalue weighted by molar-refractivity contribution is -0.118. The molecule has 0 bridgehead atoms. The Morgan fingerprint density at radius 3 is 2.91 bits per heavy atom. The van der Waals surface area contributed by atoms with E-state index in [2.05, 4.69) is 10.2 Å². The second-order valence-electron chi connectivity index (χ2n) is 5.85. The maximum Gasteiger partial charge on any atom is 0.238 e. The average Bonchev–Trinajstić information content (AvgIpc) is 2.44. The van der Waals surface area contributed by atoms with E-state index in [1.54, 1.807) is 0 Å². The Labute approximate surface area is 143 Å². The van der Waals surface area contributed by atoms with E-state index in [0.29, 0.717) is 17.6 Å². The molecule has 3 N–H and O–H groups in total. The van der Waals surface area contributed by atoms with Crippen molar-refractivity contribution in [2.75, 3.05) is 18.4 Å². The van der Waals surface area contributed by atoms with Crippen LogP contribution >= 0.6 is 24.0 Å². The van der Waals surface area contributed by atoms with Gasteiger partial charge in [0.05, 0.1) is 6.54 Å². The summed E-state index contributed by atoms with van der Waals surface area (Å²) in [4.78, 5) is 14.5. The molecule has 22 heavy (non-hydrogen) atoms. The van der Waals surface area contributed by atoms with Crippen LogP contribution in [0.2, 0.25) is 5.02 Å². The molecular formula is C16H25Cl2N3O. The second kappa shape index (κ2) is 8.73. The van der Waals surface area contributed by atoms with Crippen LogP contribution < -0.4 is 11.1 Å². The molecule has 1 aromatic carbocycles. The summed E-state index contributed by atoms with van der Waals surface area (Å²) in [7, 11) is 0. The summed E-state index contributed by atoms with van der Waals surface area (Å²) in [6.45, 7) is 5.25. The number of nitrogens with two attached hydrogens (primary N) is 1. The molecule has 0 spiro atoms. The van der Waals surface area contributed by atoms with Gasteiger partial charge < -0.3 is 11.1 Å². The van der Waals surface area contributed by atoms with Crippen LogP contribution in [-0.2, 0) is 4.79 Å². The molecule has 124 valence electrons. The van der Waals surface area contributed by atoms with Gasteiger partial charge in [0.25, 0.3) is 0 Å². The minimum atomic E-state index is -0.00656. The molecule has 2 unspecified atom stereocenters. The van der Waals surface area contributed by atoms with Gasteiger partial charge in [-0.15, -0.1) is 12.4 Å². The monoisotopic (exact) mass is 345 g/mol. The Kier molecular flexibility index (Phi) is 7.63. The number of carbonyl (C=O) groups excluding carboxylic acids is 1. The molecular weight excluding hydrogens is 321 g/mol. The van der Waals surface area contributed by atoms with Crippen LogP contribution in [0.3, 0.4) is 0 Å². The quantitative estimate of drug-likeness (QED) is 0.880. The zero-order valence-electron chi connectivity index (χ0n) is 13.1. The summed E-state index contributed by atoms with van der Waals surface area (Å²) in [6, 6.07) is 5.93. The smallest absolute Gasteiger partial charge is 0.238 e. The predicted octanol–water partition coefficient (Wildman–Crippen LogP) is 3.21. The van der Waals surface area contributed by atoms with Crippen molar-refractivity contribution in [1.29, 1.82) is 0 Å². The second-order valence-corrected chi connectivity index (χ2v) is 6.26. The number of likely N-dealkylation sites (tertiary alicyclic amines) is 1. The Balaban J connectivity index is 0.00000242. The summed E-state index contributed by atoms with van der Waals surface area (Å²) in [6.07, 6.45) is 3.39. The summed E-state index contributed by atoms with van der Waals surface area (Å²) in [5.74, 6) is -0.00656. The third-order valence-corrected chi connectivity index (χ3v) is 4.57. The van der Waals surface area contributed by atoms with Crippen molar-refractivity contribution in [2.45, 2.75) is 45.2 Å². The normalized spacial score (nSPS) is 20.1. The third kappa shape index (κ3) is 4.85. The number of hydrogen-bond donors (Lipinski definition) is 2. The molecule has 1 amide bonds. The van der Waals surface area contributed by atoms with Crippen molar-refractivity contribution in [3.63, 3.8) is 0 Å². The number of piperidine rings is 1. The van der Waals surface area contributed by atoms with Gasteiger partial charge in [-0.25, -0.2) is 0 Å². The highest BCUT2D eigenvalue weighted by atomic mass is 35.5. The topological polar surface area (TPSA) is 58.4 Å². The van der Waals surface area contributed by atoms with Crippen molar-refractivity contribution in [3.8, 4) is 0 Å². The fourth-order valence-corrected chi connectivity index (χ4v) is 3.10. The van der Waals surface area contributed by atoms with E-state index in [-0.39, 0.29) is 24.4 Å². The van der Waals surface area contributed by atoms with Crippen LogP contribution in [0.25, 0.3) is 0 Å². The molecule has 0 saturated carbocycles. The average molecular weight is 346 g/mol. The molecule has 0 radical (unpaired) electrons. The molecule has 0 aliphatic carbocycles. The van der Waals surface area contributed by atoms with E-state index in [9.17, 15) is 4.79 Å². The van der Waals surface area contributed by atoms with E-state index >= 15 is 0 Å². The van der Waals surface area contributed by atoms with Crippen molar-refractivity contribution in [3.05, 3.63) is 28.8 Å².